The van der Waals surface area contributed by atoms with Crippen molar-refractivity contribution in [3.8, 4) is 5.69 Å². The van der Waals surface area contributed by atoms with Gasteiger partial charge in [0, 0.05) is 23.4 Å². The van der Waals surface area contributed by atoms with Crippen LogP contribution in [0.25, 0.3) is 5.69 Å². The van der Waals surface area contributed by atoms with Crippen molar-refractivity contribution in [2.75, 3.05) is 6.61 Å². The highest BCUT2D eigenvalue weighted by Gasteiger charge is 2.39. The molecule has 4 nitrogen and oxygen atoms in total. The molecule has 1 fully saturated rings. The van der Waals surface area contributed by atoms with Gasteiger partial charge in [-0.3, -0.25) is 4.79 Å². The first-order chi connectivity index (χ1) is 14.0. The molecule has 0 aliphatic carbocycles. The molecule has 1 aliphatic rings. The van der Waals surface area contributed by atoms with Crippen LogP contribution < -0.4 is 5.73 Å². The SMILES string of the molecule is Cc1cccn1-c1ccc(SC2C(C(N)=O)CCOC2c2ccccc2)cc1F. The molecule has 6 heteroatoms. The topological polar surface area (TPSA) is 57.2 Å². The first kappa shape index (κ1) is 19.7. The molecule has 0 spiro atoms. The van der Waals surface area contributed by atoms with E-state index in [1.54, 1.807) is 6.07 Å². The molecule has 3 atom stereocenters. The molecule has 3 aromatic rings. The number of benzene rings is 2. The Hall–Kier alpha value is -2.57. The summed E-state index contributed by atoms with van der Waals surface area (Å²) >= 11 is 1.45. The van der Waals surface area contributed by atoms with Crippen LogP contribution in [0.15, 0.2) is 71.8 Å². The molecule has 3 unspecified atom stereocenters. The zero-order valence-corrected chi connectivity index (χ0v) is 16.9. The van der Waals surface area contributed by atoms with Crippen LogP contribution in [0.5, 0.6) is 0 Å². The Morgan fingerprint density at radius 2 is 1.97 bits per heavy atom. The fourth-order valence-electron chi connectivity index (χ4n) is 3.82. The molecule has 1 aliphatic heterocycles. The Morgan fingerprint density at radius 1 is 1.17 bits per heavy atom. The highest BCUT2D eigenvalue weighted by molar-refractivity contribution is 8.00. The number of carbonyl (C=O) groups is 1. The van der Waals surface area contributed by atoms with Gasteiger partial charge in [0.1, 0.15) is 5.82 Å². The lowest BCUT2D eigenvalue weighted by Gasteiger charge is -2.36. The van der Waals surface area contributed by atoms with Gasteiger partial charge in [-0.05, 0) is 49.2 Å². The minimum atomic E-state index is -0.341. The van der Waals surface area contributed by atoms with Gasteiger partial charge in [0.2, 0.25) is 5.91 Å². The third kappa shape index (κ3) is 4.09. The van der Waals surface area contributed by atoms with Crippen LogP contribution in [0.1, 0.15) is 23.8 Å². The molecule has 1 amide bonds. The summed E-state index contributed by atoms with van der Waals surface area (Å²) in [5.41, 5.74) is 8.16. The maximum Gasteiger partial charge on any atom is 0.221 e. The highest BCUT2D eigenvalue weighted by atomic mass is 32.2. The lowest BCUT2D eigenvalue weighted by atomic mass is 9.91. The number of aryl methyl sites for hydroxylation is 1. The Bertz CT molecular complexity index is 1010. The minimum absolute atomic E-state index is 0.220. The fraction of sp³-hybridized carbons (Fsp3) is 0.261. The molecule has 2 aromatic carbocycles. The Kier molecular flexibility index (Phi) is 5.74. The predicted octanol–water partition coefficient (Wildman–Crippen LogP) is 4.65. The first-order valence-electron chi connectivity index (χ1n) is 9.61. The van der Waals surface area contributed by atoms with Gasteiger partial charge in [-0.1, -0.05) is 30.3 Å². The lowest BCUT2D eigenvalue weighted by molar-refractivity contribution is -0.126. The second kappa shape index (κ2) is 8.43. The number of ether oxygens (including phenoxy) is 1. The van der Waals surface area contributed by atoms with Crippen LogP contribution in [-0.4, -0.2) is 22.3 Å². The summed E-state index contributed by atoms with van der Waals surface area (Å²) in [6.07, 6.45) is 2.13. The third-order valence-electron chi connectivity index (χ3n) is 5.32. The van der Waals surface area contributed by atoms with Crippen molar-refractivity contribution >= 4 is 17.7 Å². The molecule has 2 heterocycles. The van der Waals surface area contributed by atoms with Crippen molar-refractivity contribution in [1.29, 1.82) is 0 Å². The molecule has 4 rings (SSSR count). The first-order valence-corrected chi connectivity index (χ1v) is 10.5. The van der Waals surface area contributed by atoms with Crippen LogP contribution in [0.4, 0.5) is 4.39 Å². The second-order valence-corrected chi connectivity index (χ2v) is 8.47. The van der Waals surface area contributed by atoms with E-state index >= 15 is 0 Å². The summed E-state index contributed by atoms with van der Waals surface area (Å²) in [5, 5.41) is -0.220. The van der Waals surface area contributed by atoms with Crippen molar-refractivity contribution in [2.24, 2.45) is 11.7 Å². The molecule has 0 radical (unpaired) electrons. The Morgan fingerprint density at radius 3 is 2.62 bits per heavy atom. The predicted molar refractivity (Wildman–Crippen MR) is 113 cm³/mol. The maximum absolute atomic E-state index is 14.9. The summed E-state index contributed by atoms with van der Waals surface area (Å²) < 4.78 is 22.7. The third-order valence-corrected chi connectivity index (χ3v) is 6.69. The number of hydrogen-bond acceptors (Lipinski definition) is 3. The van der Waals surface area contributed by atoms with Gasteiger partial charge < -0.3 is 15.0 Å². The minimum Gasteiger partial charge on any atom is -0.372 e. The fourth-order valence-corrected chi connectivity index (χ4v) is 5.24. The largest absolute Gasteiger partial charge is 0.372 e. The average Bonchev–Trinajstić information content (AvgIpc) is 3.14. The Labute approximate surface area is 173 Å². The van der Waals surface area contributed by atoms with E-state index in [1.165, 1.54) is 17.8 Å². The molecule has 1 saturated heterocycles. The summed E-state index contributed by atoms with van der Waals surface area (Å²) in [6, 6.07) is 18.8. The van der Waals surface area contributed by atoms with Crippen LogP contribution in [0, 0.1) is 18.7 Å². The molecule has 0 saturated carbocycles. The number of halogens is 1. The monoisotopic (exact) mass is 410 g/mol. The number of hydrogen-bond donors (Lipinski definition) is 1. The quantitative estimate of drug-likeness (QED) is 0.666. The molecular weight excluding hydrogens is 387 g/mol. The number of carbonyl (C=O) groups excluding carboxylic acids is 1. The summed E-state index contributed by atoms with van der Waals surface area (Å²) in [7, 11) is 0. The van der Waals surface area contributed by atoms with Crippen LogP contribution in [0.2, 0.25) is 0 Å². The number of nitrogens with two attached hydrogens (primary N) is 1. The molecule has 0 bridgehead atoms. The average molecular weight is 411 g/mol. The summed E-state index contributed by atoms with van der Waals surface area (Å²) in [5.74, 6) is -0.988. The van der Waals surface area contributed by atoms with Gasteiger partial charge in [0.15, 0.2) is 0 Å². The molecule has 29 heavy (non-hydrogen) atoms. The van der Waals surface area contributed by atoms with E-state index in [1.807, 2.05) is 66.2 Å². The van der Waals surface area contributed by atoms with Gasteiger partial charge in [-0.15, -0.1) is 11.8 Å². The smallest absolute Gasteiger partial charge is 0.221 e. The number of amides is 1. The summed E-state index contributed by atoms with van der Waals surface area (Å²) in [4.78, 5) is 12.9. The van der Waals surface area contributed by atoms with E-state index in [9.17, 15) is 9.18 Å². The van der Waals surface area contributed by atoms with Crippen molar-refractivity contribution in [3.63, 3.8) is 0 Å². The Balaban J connectivity index is 1.64. The van der Waals surface area contributed by atoms with Crippen LogP contribution in [-0.2, 0) is 9.53 Å². The van der Waals surface area contributed by atoms with Gasteiger partial charge in [-0.2, -0.15) is 0 Å². The van der Waals surface area contributed by atoms with Gasteiger partial charge >= 0.3 is 0 Å². The van der Waals surface area contributed by atoms with Gasteiger partial charge in [0.05, 0.1) is 23.0 Å². The van der Waals surface area contributed by atoms with Crippen molar-refractivity contribution in [1.82, 2.24) is 4.57 Å². The molecule has 150 valence electrons. The van der Waals surface area contributed by atoms with Crippen molar-refractivity contribution in [3.05, 3.63) is 83.9 Å². The standard InChI is InChI=1S/C23H23FN2O2S/c1-15-6-5-12-26(15)20-10-9-17(14-19(20)24)29-22-18(23(25)27)11-13-28-21(22)16-7-3-2-4-8-16/h2-10,12,14,18,21-22H,11,13H2,1H3,(H2,25,27). The van der Waals surface area contributed by atoms with E-state index < -0.39 is 0 Å². The van der Waals surface area contributed by atoms with E-state index in [0.717, 1.165) is 16.2 Å². The number of primary amides is 1. The molecule has 2 N–H and O–H groups in total. The van der Waals surface area contributed by atoms with Gasteiger partial charge in [-0.25, -0.2) is 4.39 Å². The normalized spacial score (nSPS) is 21.8. The van der Waals surface area contributed by atoms with Crippen molar-refractivity contribution in [2.45, 2.75) is 29.6 Å². The zero-order chi connectivity index (χ0) is 20.4. The number of thioether (sulfide) groups is 1. The van der Waals surface area contributed by atoms with E-state index in [4.69, 9.17) is 10.5 Å². The zero-order valence-electron chi connectivity index (χ0n) is 16.1. The number of nitrogens with zero attached hydrogens (tertiary/aromatic N) is 1. The number of aromatic nitrogens is 1. The van der Waals surface area contributed by atoms with Crippen LogP contribution >= 0.6 is 11.8 Å². The molecular formula is C23H23FN2O2S. The number of rotatable bonds is 5. The van der Waals surface area contributed by atoms with E-state index in [-0.39, 0.29) is 29.0 Å². The summed E-state index contributed by atoms with van der Waals surface area (Å²) in [6.45, 7) is 2.41. The van der Waals surface area contributed by atoms with Crippen molar-refractivity contribution < 1.29 is 13.9 Å². The lowest BCUT2D eigenvalue weighted by Crippen LogP contribution is -2.40. The van der Waals surface area contributed by atoms with E-state index in [0.29, 0.717) is 18.7 Å². The molecule has 1 aromatic heterocycles. The van der Waals surface area contributed by atoms with Gasteiger partial charge in [0.25, 0.3) is 0 Å². The van der Waals surface area contributed by atoms with Crippen LogP contribution in [0.3, 0.4) is 0 Å². The second-order valence-electron chi connectivity index (χ2n) is 7.21. The highest BCUT2D eigenvalue weighted by Crippen LogP contribution is 2.43. The van der Waals surface area contributed by atoms with E-state index in [2.05, 4.69) is 0 Å². The maximum atomic E-state index is 14.9.